The molecular formula is C33H30N8O4. The van der Waals surface area contributed by atoms with Crippen molar-refractivity contribution in [3.8, 4) is 22.9 Å². The van der Waals surface area contributed by atoms with Crippen LogP contribution >= 0.6 is 0 Å². The van der Waals surface area contributed by atoms with Gasteiger partial charge in [0.1, 0.15) is 50.5 Å². The number of imide groups is 1. The van der Waals surface area contributed by atoms with Gasteiger partial charge in [-0.25, -0.2) is 4.79 Å². The standard InChI is InChI=1S/C33H30N8O4/c1-19-13-21(29(42)27(15-19)40-34-23-9-5-6-10-24(23)35-40)17-38-31(44)33(3,4)39(32(38)45)18-22-14-20(2)16-28(30(22)43)41-36-25-11-7-8-12-26(25)37-41/h5-16,42-43H,17-18H2,1-4H3. The van der Waals surface area contributed by atoms with Crippen LogP contribution in [0.2, 0.25) is 0 Å². The first-order valence-electron chi connectivity index (χ1n) is 14.4. The Bertz CT molecular complexity index is 2100. The molecule has 3 heterocycles. The second-order valence-corrected chi connectivity index (χ2v) is 11.9. The third-order valence-electron chi connectivity index (χ3n) is 8.19. The number of phenols is 2. The Balaban J connectivity index is 1.20. The highest BCUT2D eigenvalue weighted by Crippen LogP contribution is 2.37. The molecule has 0 bridgehead atoms. The van der Waals surface area contributed by atoms with Crippen molar-refractivity contribution in [3.05, 3.63) is 95.1 Å². The largest absolute Gasteiger partial charge is 0.505 e. The van der Waals surface area contributed by atoms with Crippen LogP contribution in [0.15, 0.2) is 72.8 Å². The maximum atomic E-state index is 13.9. The molecular weight excluding hydrogens is 572 g/mol. The van der Waals surface area contributed by atoms with Gasteiger partial charge >= 0.3 is 6.03 Å². The Morgan fingerprint density at radius 3 is 1.47 bits per heavy atom. The van der Waals surface area contributed by atoms with E-state index in [0.717, 1.165) is 16.0 Å². The highest BCUT2D eigenvalue weighted by Gasteiger charge is 2.51. The predicted octanol–water partition coefficient (Wildman–Crippen LogP) is 4.93. The summed E-state index contributed by atoms with van der Waals surface area (Å²) < 4.78 is 0. The highest BCUT2D eigenvalue weighted by atomic mass is 16.3. The van der Waals surface area contributed by atoms with Crippen LogP contribution in [0.4, 0.5) is 4.79 Å². The number of carbonyl (C=O) groups is 2. The molecule has 1 saturated heterocycles. The summed E-state index contributed by atoms with van der Waals surface area (Å²) >= 11 is 0. The van der Waals surface area contributed by atoms with Crippen molar-refractivity contribution in [2.24, 2.45) is 0 Å². The van der Waals surface area contributed by atoms with Crippen molar-refractivity contribution in [3.63, 3.8) is 0 Å². The Kier molecular flexibility index (Phi) is 6.32. The van der Waals surface area contributed by atoms with Gasteiger partial charge in [0.05, 0.1) is 13.1 Å². The van der Waals surface area contributed by atoms with Crippen LogP contribution in [0.3, 0.4) is 0 Å². The fraction of sp³-hybridized carbons (Fsp3) is 0.212. The quantitative estimate of drug-likeness (QED) is 0.256. The molecule has 6 aromatic rings. The van der Waals surface area contributed by atoms with Crippen molar-refractivity contribution >= 4 is 34.0 Å². The number of rotatable bonds is 6. The van der Waals surface area contributed by atoms with Crippen LogP contribution in [0, 0.1) is 13.8 Å². The Morgan fingerprint density at radius 2 is 1.04 bits per heavy atom. The van der Waals surface area contributed by atoms with Crippen LogP contribution in [-0.4, -0.2) is 67.5 Å². The van der Waals surface area contributed by atoms with Gasteiger partial charge < -0.3 is 15.1 Å². The summed E-state index contributed by atoms with van der Waals surface area (Å²) in [6.45, 7) is 6.87. The second kappa shape index (κ2) is 10.2. The zero-order valence-electron chi connectivity index (χ0n) is 25.1. The third-order valence-corrected chi connectivity index (χ3v) is 8.19. The maximum Gasteiger partial charge on any atom is 0.328 e. The van der Waals surface area contributed by atoms with E-state index < -0.39 is 17.5 Å². The summed E-state index contributed by atoms with van der Waals surface area (Å²) in [4.78, 5) is 32.9. The lowest BCUT2D eigenvalue weighted by molar-refractivity contribution is -0.132. The lowest BCUT2D eigenvalue weighted by Gasteiger charge is -2.28. The van der Waals surface area contributed by atoms with Crippen LogP contribution in [0.5, 0.6) is 11.5 Å². The molecule has 226 valence electrons. The van der Waals surface area contributed by atoms with Crippen molar-refractivity contribution in [1.29, 1.82) is 0 Å². The van der Waals surface area contributed by atoms with E-state index in [1.165, 1.54) is 14.5 Å². The van der Waals surface area contributed by atoms with Gasteiger partial charge in [-0.3, -0.25) is 9.69 Å². The summed E-state index contributed by atoms with van der Waals surface area (Å²) in [5.41, 5.74) is 4.61. The summed E-state index contributed by atoms with van der Waals surface area (Å²) in [7, 11) is 0. The second-order valence-electron chi connectivity index (χ2n) is 11.9. The number of fused-ring (bicyclic) bond motifs is 2. The molecule has 0 atom stereocenters. The lowest BCUT2D eigenvalue weighted by Crippen LogP contribution is -2.43. The van der Waals surface area contributed by atoms with Crippen LogP contribution in [-0.2, 0) is 17.9 Å². The minimum atomic E-state index is -1.23. The van der Waals surface area contributed by atoms with Gasteiger partial charge in [-0.1, -0.05) is 36.4 Å². The van der Waals surface area contributed by atoms with Gasteiger partial charge in [0.2, 0.25) is 0 Å². The molecule has 4 aromatic carbocycles. The van der Waals surface area contributed by atoms with Gasteiger partial charge in [-0.2, -0.15) is 0 Å². The number of amides is 3. The normalized spacial score (nSPS) is 14.8. The average Bonchev–Trinajstić information content (AvgIpc) is 3.68. The Hall–Kier alpha value is -5.78. The van der Waals surface area contributed by atoms with Gasteiger partial charge in [0, 0.05) is 11.1 Å². The maximum absolute atomic E-state index is 13.9. The number of aromatic nitrogens is 6. The molecule has 0 saturated carbocycles. The zero-order valence-corrected chi connectivity index (χ0v) is 25.1. The molecule has 0 spiro atoms. The summed E-state index contributed by atoms with van der Waals surface area (Å²) in [6, 6.07) is 21.2. The number of phenolic OH excluding ortho intramolecular Hbond substituents is 2. The molecule has 0 aliphatic carbocycles. The van der Waals surface area contributed by atoms with E-state index in [2.05, 4.69) is 20.4 Å². The lowest BCUT2D eigenvalue weighted by atomic mass is 10.0. The van der Waals surface area contributed by atoms with Crippen molar-refractivity contribution in [1.82, 2.24) is 39.8 Å². The number of hydrogen-bond acceptors (Lipinski definition) is 8. The van der Waals surface area contributed by atoms with Gasteiger partial charge in [0.15, 0.2) is 0 Å². The molecule has 3 amide bonds. The molecule has 1 aliphatic heterocycles. The zero-order chi connectivity index (χ0) is 31.6. The molecule has 2 N–H and O–H groups in total. The fourth-order valence-electron chi connectivity index (χ4n) is 5.81. The Labute approximate surface area is 257 Å². The van der Waals surface area contributed by atoms with Crippen molar-refractivity contribution < 1.29 is 19.8 Å². The van der Waals surface area contributed by atoms with E-state index in [-0.39, 0.29) is 24.6 Å². The number of urea groups is 1. The van der Waals surface area contributed by atoms with E-state index in [1.54, 1.807) is 38.1 Å². The molecule has 0 unspecified atom stereocenters. The highest BCUT2D eigenvalue weighted by molar-refractivity contribution is 6.06. The summed E-state index contributed by atoms with van der Waals surface area (Å²) in [6.07, 6.45) is 0. The molecule has 2 aromatic heterocycles. The van der Waals surface area contributed by atoms with Crippen LogP contribution in [0.1, 0.15) is 36.1 Å². The third kappa shape index (κ3) is 4.62. The number of aromatic hydroxyl groups is 2. The molecule has 0 radical (unpaired) electrons. The van der Waals surface area contributed by atoms with Crippen LogP contribution < -0.4 is 0 Å². The average molecular weight is 603 g/mol. The predicted molar refractivity (Wildman–Crippen MR) is 166 cm³/mol. The number of benzene rings is 4. The molecule has 1 fully saturated rings. The molecule has 45 heavy (non-hydrogen) atoms. The molecule has 12 heteroatoms. The number of carbonyl (C=O) groups excluding carboxylic acids is 2. The van der Waals surface area contributed by atoms with E-state index in [9.17, 15) is 19.8 Å². The Morgan fingerprint density at radius 1 is 0.644 bits per heavy atom. The van der Waals surface area contributed by atoms with E-state index in [0.29, 0.717) is 44.6 Å². The van der Waals surface area contributed by atoms with E-state index >= 15 is 0 Å². The van der Waals surface area contributed by atoms with E-state index in [4.69, 9.17) is 0 Å². The molecule has 7 rings (SSSR count). The molecule has 1 aliphatic rings. The summed E-state index contributed by atoms with van der Waals surface area (Å²) in [5.74, 6) is -0.640. The SMILES string of the molecule is Cc1cc(CN2C(=O)N(Cc3cc(C)cc(-n4nc5ccccc5n4)c3O)C(C)(C)C2=O)c(O)c(-n2nc3ccccc3n2)c1. The monoisotopic (exact) mass is 602 g/mol. The van der Waals surface area contributed by atoms with Crippen molar-refractivity contribution in [2.45, 2.75) is 46.3 Å². The first-order valence-corrected chi connectivity index (χ1v) is 14.4. The summed E-state index contributed by atoms with van der Waals surface area (Å²) in [5, 5.41) is 40.6. The minimum absolute atomic E-state index is 0.0375. The topological polar surface area (TPSA) is 142 Å². The molecule has 12 nitrogen and oxygen atoms in total. The smallest absolute Gasteiger partial charge is 0.328 e. The number of aryl methyl sites for hydroxylation is 2. The first kappa shape index (κ1) is 28.0. The number of nitrogens with zero attached hydrogens (tertiary/aromatic N) is 8. The van der Waals surface area contributed by atoms with Crippen LogP contribution in [0.25, 0.3) is 33.4 Å². The fourth-order valence-corrected chi connectivity index (χ4v) is 5.81. The van der Waals surface area contributed by atoms with Gasteiger partial charge in [-0.05, 0) is 75.2 Å². The van der Waals surface area contributed by atoms with Gasteiger partial charge in [-0.15, -0.1) is 30.0 Å². The minimum Gasteiger partial charge on any atom is -0.505 e. The number of hydrogen-bond donors (Lipinski definition) is 2. The first-order chi connectivity index (χ1) is 21.5. The van der Waals surface area contributed by atoms with Crippen molar-refractivity contribution in [2.75, 3.05) is 0 Å². The van der Waals surface area contributed by atoms with Gasteiger partial charge in [0.25, 0.3) is 5.91 Å². The van der Waals surface area contributed by atoms with E-state index in [1.807, 2.05) is 62.4 Å².